The van der Waals surface area contributed by atoms with Gasteiger partial charge in [0.05, 0.1) is 6.42 Å². The Morgan fingerprint density at radius 3 is 2.42 bits per heavy atom. The van der Waals surface area contributed by atoms with Crippen LogP contribution in [0.5, 0.6) is 0 Å². The molecule has 0 aromatic heterocycles. The maximum Gasteiger partial charge on any atom is 0.253 e. The van der Waals surface area contributed by atoms with Gasteiger partial charge in [-0.05, 0) is 30.2 Å². The van der Waals surface area contributed by atoms with Gasteiger partial charge in [-0.3, -0.25) is 14.4 Å². The Bertz CT molecular complexity index is 678. The fourth-order valence-electron chi connectivity index (χ4n) is 3.32. The number of hydrogen-bond acceptors (Lipinski definition) is 3. The first-order valence-corrected chi connectivity index (χ1v) is 8.47. The number of benzene rings is 1. The first-order valence-electron chi connectivity index (χ1n) is 8.47. The fraction of sp³-hybridized carbons (Fsp3) is 0.500. The largest absolute Gasteiger partial charge is 0.339 e. The maximum absolute atomic E-state index is 12.7. The van der Waals surface area contributed by atoms with Gasteiger partial charge in [-0.15, -0.1) is 0 Å². The van der Waals surface area contributed by atoms with E-state index in [0.29, 0.717) is 44.6 Å². The highest BCUT2D eigenvalue weighted by Gasteiger charge is 2.27. The Balaban J connectivity index is 1.65. The van der Waals surface area contributed by atoms with E-state index in [1.54, 1.807) is 22.9 Å². The molecule has 1 fully saturated rings. The number of likely N-dealkylation sites (N-methyl/N-ethyl adjacent to an activating group) is 1. The minimum atomic E-state index is -0.0256. The molecule has 3 rings (SSSR count). The molecule has 1 saturated heterocycles. The maximum atomic E-state index is 12.7. The molecule has 0 N–H and O–H groups in total. The average molecular weight is 329 g/mol. The van der Waals surface area contributed by atoms with Crippen LogP contribution in [0.4, 0.5) is 5.69 Å². The third-order valence-corrected chi connectivity index (χ3v) is 4.79. The molecule has 0 bridgehead atoms. The minimum Gasteiger partial charge on any atom is -0.339 e. The van der Waals surface area contributed by atoms with Crippen molar-refractivity contribution in [3.8, 4) is 0 Å². The third-order valence-electron chi connectivity index (χ3n) is 4.79. The Labute approximate surface area is 142 Å². The van der Waals surface area contributed by atoms with E-state index in [1.807, 2.05) is 24.0 Å². The van der Waals surface area contributed by atoms with Crippen LogP contribution in [0.1, 0.15) is 35.7 Å². The Kier molecular flexibility index (Phi) is 4.55. The number of carbonyl (C=O) groups excluding carboxylic acids is 3. The van der Waals surface area contributed by atoms with Crippen molar-refractivity contribution in [2.24, 2.45) is 0 Å². The van der Waals surface area contributed by atoms with Crippen LogP contribution in [0.2, 0.25) is 0 Å². The van der Waals surface area contributed by atoms with Gasteiger partial charge < -0.3 is 14.7 Å². The molecule has 0 radical (unpaired) electrons. The first-order chi connectivity index (χ1) is 11.5. The van der Waals surface area contributed by atoms with E-state index in [2.05, 4.69) is 0 Å². The molecule has 2 heterocycles. The van der Waals surface area contributed by atoms with E-state index in [4.69, 9.17) is 0 Å². The number of hydrogen-bond donors (Lipinski definition) is 0. The lowest BCUT2D eigenvalue weighted by molar-refractivity contribution is -0.132. The Morgan fingerprint density at radius 1 is 1.08 bits per heavy atom. The van der Waals surface area contributed by atoms with Crippen LogP contribution in [0.25, 0.3) is 0 Å². The summed E-state index contributed by atoms with van der Waals surface area (Å²) < 4.78 is 0. The molecule has 0 atom stereocenters. The molecule has 0 saturated carbocycles. The van der Waals surface area contributed by atoms with Gasteiger partial charge in [0.1, 0.15) is 0 Å². The van der Waals surface area contributed by atoms with E-state index >= 15 is 0 Å². The minimum absolute atomic E-state index is 0.0256. The Hall–Kier alpha value is -2.37. The summed E-state index contributed by atoms with van der Waals surface area (Å²) in [6.07, 6.45) is 1.77. The lowest BCUT2D eigenvalue weighted by Gasteiger charge is -2.35. The van der Waals surface area contributed by atoms with Crippen LogP contribution in [-0.4, -0.2) is 60.7 Å². The van der Waals surface area contributed by atoms with E-state index in [9.17, 15) is 14.4 Å². The fourth-order valence-corrected chi connectivity index (χ4v) is 3.32. The lowest BCUT2D eigenvalue weighted by atomic mass is 10.1. The van der Waals surface area contributed by atoms with Gasteiger partial charge >= 0.3 is 0 Å². The number of nitrogens with zero attached hydrogens (tertiary/aromatic N) is 3. The highest BCUT2D eigenvalue weighted by Crippen LogP contribution is 2.28. The van der Waals surface area contributed by atoms with E-state index in [0.717, 1.165) is 17.7 Å². The molecule has 1 aromatic carbocycles. The molecule has 3 amide bonds. The van der Waals surface area contributed by atoms with E-state index in [1.165, 1.54) is 0 Å². The summed E-state index contributed by atoms with van der Waals surface area (Å²) in [7, 11) is 1.75. The summed E-state index contributed by atoms with van der Waals surface area (Å²) in [5.74, 6) is 0.198. The highest BCUT2D eigenvalue weighted by atomic mass is 16.2. The van der Waals surface area contributed by atoms with Crippen molar-refractivity contribution in [1.29, 1.82) is 0 Å². The van der Waals surface area contributed by atoms with Gasteiger partial charge in [-0.25, -0.2) is 0 Å². The van der Waals surface area contributed by atoms with Crippen LogP contribution in [-0.2, 0) is 16.0 Å². The monoisotopic (exact) mass is 329 g/mol. The van der Waals surface area contributed by atoms with Crippen LogP contribution in [0.15, 0.2) is 18.2 Å². The third kappa shape index (κ3) is 3.00. The second-order valence-electron chi connectivity index (χ2n) is 6.40. The summed E-state index contributed by atoms with van der Waals surface area (Å²) in [6.45, 7) is 4.30. The molecule has 1 aromatic rings. The quantitative estimate of drug-likeness (QED) is 0.839. The molecule has 6 nitrogen and oxygen atoms in total. The van der Waals surface area contributed by atoms with Crippen molar-refractivity contribution in [2.45, 2.75) is 26.2 Å². The molecule has 0 spiro atoms. The SMILES string of the molecule is CCCC(=O)N1CCN(C(=O)c2ccc3c(c2)CC(=O)N3C)CC1. The molecule has 24 heavy (non-hydrogen) atoms. The molecular weight excluding hydrogens is 306 g/mol. The molecular formula is C18H23N3O3. The van der Waals surface area contributed by atoms with Crippen LogP contribution in [0, 0.1) is 0 Å². The van der Waals surface area contributed by atoms with Crippen molar-refractivity contribution in [3.63, 3.8) is 0 Å². The number of carbonyl (C=O) groups is 3. The second kappa shape index (κ2) is 6.63. The molecule has 0 aliphatic carbocycles. The van der Waals surface area contributed by atoms with Crippen molar-refractivity contribution in [2.75, 3.05) is 38.1 Å². The normalized spacial score (nSPS) is 17.2. The standard InChI is InChI=1S/C18H23N3O3/c1-3-4-16(22)20-7-9-21(10-8-20)18(24)13-5-6-15-14(11-13)12-17(23)19(15)2/h5-6,11H,3-4,7-10,12H2,1-2H3. The van der Waals surface area contributed by atoms with Gasteiger partial charge in [-0.1, -0.05) is 6.92 Å². The zero-order valence-corrected chi connectivity index (χ0v) is 14.2. The van der Waals surface area contributed by atoms with Crippen molar-refractivity contribution < 1.29 is 14.4 Å². The number of amides is 3. The number of anilines is 1. The zero-order chi connectivity index (χ0) is 17.3. The van der Waals surface area contributed by atoms with Gasteiger partial charge in [0.15, 0.2) is 0 Å². The number of piperazine rings is 1. The average Bonchev–Trinajstić information content (AvgIpc) is 2.88. The van der Waals surface area contributed by atoms with Gasteiger partial charge in [0.2, 0.25) is 11.8 Å². The van der Waals surface area contributed by atoms with E-state index < -0.39 is 0 Å². The van der Waals surface area contributed by atoms with Crippen LogP contribution < -0.4 is 4.90 Å². The zero-order valence-electron chi connectivity index (χ0n) is 14.2. The first kappa shape index (κ1) is 16.5. The predicted octanol–water partition coefficient (Wildman–Crippen LogP) is 1.29. The second-order valence-corrected chi connectivity index (χ2v) is 6.40. The van der Waals surface area contributed by atoms with Crippen molar-refractivity contribution >= 4 is 23.4 Å². The van der Waals surface area contributed by atoms with Crippen molar-refractivity contribution in [3.05, 3.63) is 29.3 Å². The lowest BCUT2D eigenvalue weighted by Crippen LogP contribution is -2.50. The smallest absolute Gasteiger partial charge is 0.253 e. The molecule has 0 unspecified atom stereocenters. The summed E-state index contributed by atoms with van der Waals surface area (Å²) in [4.78, 5) is 41.6. The van der Waals surface area contributed by atoms with Crippen molar-refractivity contribution in [1.82, 2.24) is 9.80 Å². The van der Waals surface area contributed by atoms with Gasteiger partial charge in [-0.2, -0.15) is 0 Å². The van der Waals surface area contributed by atoms with Gasteiger partial charge in [0, 0.05) is 50.9 Å². The molecule has 128 valence electrons. The summed E-state index contributed by atoms with van der Waals surface area (Å²) in [6, 6.07) is 5.45. The summed E-state index contributed by atoms with van der Waals surface area (Å²) >= 11 is 0. The van der Waals surface area contributed by atoms with Crippen LogP contribution in [0.3, 0.4) is 0 Å². The van der Waals surface area contributed by atoms with Crippen LogP contribution >= 0.6 is 0 Å². The summed E-state index contributed by atoms with van der Waals surface area (Å²) in [5, 5.41) is 0. The highest BCUT2D eigenvalue weighted by molar-refractivity contribution is 6.03. The Morgan fingerprint density at radius 2 is 1.75 bits per heavy atom. The topological polar surface area (TPSA) is 60.9 Å². The molecule has 2 aliphatic rings. The number of fused-ring (bicyclic) bond motifs is 1. The van der Waals surface area contributed by atoms with E-state index in [-0.39, 0.29) is 17.7 Å². The van der Waals surface area contributed by atoms with Gasteiger partial charge in [0.25, 0.3) is 5.91 Å². The number of rotatable bonds is 3. The summed E-state index contributed by atoms with van der Waals surface area (Å²) in [5.41, 5.74) is 2.40. The predicted molar refractivity (Wildman–Crippen MR) is 90.9 cm³/mol. The molecule has 6 heteroatoms. The molecule has 2 aliphatic heterocycles.